The first-order valence-electron chi connectivity index (χ1n) is 10.1. The van der Waals surface area contributed by atoms with Gasteiger partial charge in [-0.2, -0.15) is 0 Å². The van der Waals surface area contributed by atoms with Crippen LogP contribution in [0.25, 0.3) is 10.9 Å². The lowest BCUT2D eigenvalue weighted by Crippen LogP contribution is -2.33. The van der Waals surface area contributed by atoms with E-state index in [1.165, 1.54) is 0 Å². The fourth-order valence-corrected chi connectivity index (χ4v) is 3.80. The Bertz CT molecular complexity index is 1340. The Balaban J connectivity index is 1.82. The summed E-state index contributed by atoms with van der Waals surface area (Å²) >= 11 is 6.01. The lowest BCUT2D eigenvalue weighted by atomic mass is 10.1. The predicted octanol–water partition coefficient (Wildman–Crippen LogP) is 5.95. The minimum Gasteiger partial charge on any atom is -0.322 e. The number of anilines is 1. The Labute approximate surface area is 186 Å². The summed E-state index contributed by atoms with van der Waals surface area (Å²) in [5.41, 5.74) is 5.48. The molecular formula is C26H23ClN2O2. The molecule has 4 aromatic rings. The second-order valence-electron chi connectivity index (χ2n) is 7.90. The topological polar surface area (TPSA) is 53.2 Å². The van der Waals surface area contributed by atoms with Crippen LogP contribution in [0.15, 0.2) is 71.5 Å². The van der Waals surface area contributed by atoms with E-state index in [-0.39, 0.29) is 18.0 Å². The second-order valence-corrected chi connectivity index (χ2v) is 8.34. The molecule has 0 spiro atoms. The molecule has 156 valence electrons. The van der Waals surface area contributed by atoms with Crippen molar-refractivity contribution in [3.8, 4) is 0 Å². The van der Waals surface area contributed by atoms with Crippen LogP contribution in [-0.4, -0.2) is 10.9 Å². The molecule has 0 atom stereocenters. The molecule has 3 aromatic carbocycles. The fourth-order valence-electron chi connectivity index (χ4n) is 3.67. The predicted molar refractivity (Wildman–Crippen MR) is 127 cm³/mol. The number of nitrogens with one attached hydrogen (secondary N) is 1. The third-order valence-electron chi connectivity index (χ3n) is 5.40. The highest BCUT2D eigenvalue weighted by atomic mass is 35.5. The van der Waals surface area contributed by atoms with Crippen molar-refractivity contribution < 1.29 is 4.79 Å². The van der Waals surface area contributed by atoms with Crippen LogP contribution in [0.1, 0.15) is 32.6 Å². The minimum absolute atomic E-state index is 0.158. The van der Waals surface area contributed by atoms with E-state index in [0.717, 1.165) is 33.3 Å². The SMILES string of the molecule is Cc1ccc(C)c(N(Cc2cc3ccc(C)cc3[nH]c2=O)C(=O)c2ccc(Cl)cc2)c1. The zero-order valence-corrected chi connectivity index (χ0v) is 18.5. The molecular weight excluding hydrogens is 408 g/mol. The van der Waals surface area contributed by atoms with E-state index in [4.69, 9.17) is 11.6 Å². The van der Waals surface area contributed by atoms with Gasteiger partial charge in [-0.05, 0) is 85.3 Å². The van der Waals surface area contributed by atoms with Gasteiger partial charge in [-0.15, -0.1) is 0 Å². The van der Waals surface area contributed by atoms with Gasteiger partial charge in [0, 0.05) is 27.4 Å². The smallest absolute Gasteiger partial charge is 0.258 e. The zero-order chi connectivity index (χ0) is 22.1. The number of hydrogen-bond donors (Lipinski definition) is 1. The van der Waals surface area contributed by atoms with Gasteiger partial charge >= 0.3 is 0 Å². The van der Waals surface area contributed by atoms with Crippen molar-refractivity contribution in [1.29, 1.82) is 0 Å². The van der Waals surface area contributed by atoms with Crippen LogP contribution in [0.3, 0.4) is 0 Å². The molecule has 1 N–H and O–H groups in total. The lowest BCUT2D eigenvalue weighted by molar-refractivity contribution is 0.0985. The first kappa shape index (κ1) is 20.9. The number of aromatic amines is 1. The van der Waals surface area contributed by atoms with Gasteiger partial charge < -0.3 is 9.88 Å². The van der Waals surface area contributed by atoms with Crippen LogP contribution >= 0.6 is 11.6 Å². The first-order chi connectivity index (χ1) is 14.8. The Morgan fingerprint density at radius 3 is 2.32 bits per heavy atom. The first-order valence-corrected chi connectivity index (χ1v) is 10.5. The van der Waals surface area contributed by atoms with Crippen LogP contribution in [0.4, 0.5) is 5.69 Å². The van der Waals surface area contributed by atoms with Gasteiger partial charge in [-0.1, -0.05) is 35.9 Å². The molecule has 5 heteroatoms. The number of nitrogens with zero attached hydrogens (tertiary/aromatic N) is 1. The van der Waals surface area contributed by atoms with Crippen molar-refractivity contribution in [2.24, 2.45) is 0 Å². The van der Waals surface area contributed by atoms with E-state index >= 15 is 0 Å². The van der Waals surface area contributed by atoms with Crippen molar-refractivity contribution in [2.45, 2.75) is 27.3 Å². The molecule has 0 fully saturated rings. The molecule has 0 saturated heterocycles. The number of rotatable bonds is 4. The molecule has 0 aliphatic carbocycles. The van der Waals surface area contributed by atoms with Gasteiger partial charge in [0.25, 0.3) is 11.5 Å². The Hall–Kier alpha value is -3.37. The van der Waals surface area contributed by atoms with Crippen molar-refractivity contribution in [1.82, 2.24) is 4.98 Å². The summed E-state index contributed by atoms with van der Waals surface area (Å²) in [5.74, 6) is -0.186. The van der Waals surface area contributed by atoms with Crippen molar-refractivity contribution >= 4 is 34.1 Å². The summed E-state index contributed by atoms with van der Waals surface area (Å²) in [4.78, 5) is 31.0. The van der Waals surface area contributed by atoms with Crippen molar-refractivity contribution in [3.05, 3.63) is 110 Å². The van der Waals surface area contributed by atoms with Crippen LogP contribution in [-0.2, 0) is 6.54 Å². The maximum absolute atomic E-state index is 13.5. The van der Waals surface area contributed by atoms with Gasteiger partial charge in [0.1, 0.15) is 0 Å². The Morgan fingerprint density at radius 1 is 0.903 bits per heavy atom. The summed E-state index contributed by atoms with van der Waals surface area (Å²) < 4.78 is 0. The molecule has 1 aromatic heterocycles. The third-order valence-corrected chi connectivity index (χ3v) is 5.65. The molecule has 0 radical (unpaired) electrons. The van der Waals surface area contributed by atoms with E-state index in [1.807, 2.05) is 63.2 Å². The van der Waals surface area contributed by atoms with E-state index in [1.54, 1.807) is 29.2 Å². The Morgan fingerprint density at radius 2 is 1.58 bits per heavy atom. The molecule has 0 aliphatic rings. The fraction of sp³-hybridized carbons (Fsp3) is 0.154. The van der Waals surface area contributed by atoms with E-state index in [2.05, 4.69) is 4.98 Å². The molecule has 4 nitrogen and oxygen atoms in total. The van der Waals surface area contributed by atoms with Crippen LogP contribution in [0, 0.1) is 20.8 Å². The summed E-state index contributed by atoms with van der Waals surface area (Å²) in [6.45, 7) is 6.09. The summed E-state index contributed by atoms with van der Waals surface area (Å²) in [5, 5.41) is 1.50. The highest BCUT2D eigenvalue weighted by molar-refractivity contribution is 6.30. The molecule has 1 heterocycles. The number of H-pyrrole nitrogens is 1. The molecule has 31 heavy (non-hydrogen) atoms. The van der Waals surface area contributed by atoms with Gasteiger partial charge in [0.2, 0.25) is 0 Å². The van der Waals surface area contributed by atoms with Gasteiger partial charge in [-0.3, -0.25) is 9.59 Å². The number of carbonyl (C=O) groups excluding carboxylic acids is 1. The minimum atomic E-state index is -0.197. The van der Waals surface area contributed by atoms with Gasteiger partial charge in [0.05, 0.1) is 6.54 Å². The van der Waals surface area contributed by atoms with Crippen molar-refractivity contribution in [3.63, 3.8) is 0 Å². The maximum atomic E-state index is 13.5. The van der Waals surface area contributed by atoms with E-state index in [9.17, 15) is 9.59 Å². The number of halogens is 1. The largest absolute Gasteiger partial charge is 0.322 e. The number of fused-ring (bicyclic) bond motifs is 1. The number of aryl methyl sites for hydroxylation is 3. The number of amides is 1. The molecule has 0 saturated carbocycles. The summed E-state index contributed by atoms with van der Waals surface area (Å²) in [7, 11) is 0. The highest BCUT2D eigenvalue weighted by Gasteiger charge is 2.21. The number of pyridine rings is 1. The zero-order valence-electron chi connectivity index (χ0n) is 17.7. The molecule has 4 rings (SSSR count). The van der Waals surface area contributed by atoms with E-state index < -0.39 is 0 Å². The lowest BCUT2D eigenvalue weighted by Gasteiger charge is -2.25. The third kappa shape index (κ3) is 4.39. The molecule has 0 bridgehead atoms. The molecule has 0 unspecified atom stereocenters. The Kier molecular flexibility index (Phi) is 5.66. The van der Waals surface area contributed by atoms with Crippen molar-refractivity contribution in [2.75, 3.05) is 4.90 Å². The average Bonchev–Trinajstić information content (AvgIpc) is 2.74. The monoisotopic (exact) mass is 430 g/mol. The standard InChI is InChI=1S/C26H23ClN2O2/c1-16-5-7-20-14-21(25(30)28-23(20)12-16)15-29(24-13-17(2)4-6-18(24)3)26(31)19-8-10-22(27)11-9-19/h4-14H,15H2,1-3H3,(H,28,30). The van der Waals surface area contributed by atoms with Gasteiger partial charge in [0.15, 0.2) is 0 Å². The second kappa shape index (κ2) is 8.40. The number of hydrogen-bond acceptors (Lipinski definition) is 2. The molecule has 1 amide bonds. The quantitative estimate of drug-likeness (QED) is 0.434. The summed E-state index contributed by atoms with van der Waals surface area (Å²) in [6.07, 6.45) is 0. The molecule has 0 aliphatic heterocycles. The van der Waals surface area contributed by atoms with Crippen LogP contribution in [0.5, 0.6) is 0 Å². The number of aromatic nitrogens is 1. The normalized spacial score (nSPS) is 11.0. The van der Waals surface area contributed by atoms with Crippen LogP contribution in [0.2, 0.25) is 5.02 Å². The van der Waals surface area contributed by atoms with Crippen LogP contribution < -0.4 is 10.5 Å². The summed E-state index contributed by atoms with van der Waals surface area (Å²) in [6, 6.07) is 20.6. The number of benzene rings is 3. The number of carbonyl (C=O) groups is 1. The maximum Gasteiger partial charge on any atom is 0.258 e. The average molecular weight is 431 g/mol. The van der Waals surface area contributed by atoms with Gasteiger partial charge in [-0.25, -0.2) is 0 Å². The highest BCUT2D eigenvalue weighted by Crippen LogP contribution is 2.26. The van der Waals surface area contributed by atoms with E-state index in [0.29, 0.717) is 16.1 Å².